The van der Waals surface area contributed by atoms with Crippen molar-refractivity contribution < 1.29 is 33.8 Å². The van der Waals surface area contributed by atoms with E-state index >= 15 is 0 Å². The molecular weight excluding hydrogens is 404 g/mol. The van der Waals surface area contributed by atoms with Crippen LogP contribution in [-0.2, 0) is 28.7 Å². The molecular formula is C22H40N2O7. The van der Waals surface area contributed by atoms with Crippen LogP contribution in [0.1, 0.15) is 59.8 Å². The van der Waals surface area contributed by atoms with Gasteiger partial charge in [-0.3, -0.25) is 19.2 Å². The second-order valence-corrected chi connectivity index (χ2v) is 8.16. The van der Waals surface area contributed by atoms with Crippen molar-refractivity contribution >= 4 is 23.4 Å². The third-order valence-corrected chi connectivity index (χ3v) is 4.56. The van der Waals surface area contributed by atoms with E-state index in [9.17, 15) is 24.3 Å². The first-order valence-corrected chi connectivity index (χ1v) is 11.1. The molecule has 0 radical (unpaired) electrons. The number of rotatable bonds is 20. The molecule has 1 amide bonds. The van der Waals surface area contributed by atoms with E-state index in [4.69, 9.17) is 9.47 Å². The van der Waals surface area contributed by atoms with Gasteiger partial charge in [0.2, 0.25) is 5.91 Å². The fraction of sp³-hybridized carbons (Fsp3) is 0.818. The molecule has 180 valence electrons. The van der Waals surface area contributed by atoms with Crippen molar-refractivity contribution in [2.75, 3.05) is 39.5 Å². The maximum absolute atomic E-state index is 12.0. The van der Waals surface area contributed by atoms with Crippen LogP contribution in [-0.4, -0.2) is 74.1 Å². The normalized spacial score (nSPS) is 12.2. The van der Waals surface area contributed by atoms with Crippen LogP contribution in [0.25, 0.3) is 0 Å². The third kappa shape index (κ3) is 17.5. The highest BCUT2D eigenvalue weighted by molar-refractivity contribution is 5.84. The van der Waals surface area contributed by atoms with E-state index in [2.05, 4.69) is 10.6 Å². The number of ketones is 2. The smallest absolute Gasteiger partial charge is 0.306 e. The van der Waals surface area contributed by atoms with Crippen molar-refractivity contribution in [3.63, 3.8) is 0 Å². The number of carbonyl (C=O) groups is 4. The number of ether oxygens (including phenoxy) is 2. The summed E-state index contributed by atoms with van der Waals surface area (Å²) in [6.45, 7) is 9.65. The lowest BCUT2D eigenvalue weighted by molar-refractivity contribution is -0.144. The van der Waals surface area contributed by atoms with E-state index in [1.807, 2.05) is 27.7 Å². The first-order valence-electron chi connectivity index (χ1n) is 11.1. The molecule has 0 bridgehead atoms. The molecule has 0 fully saturated rings. The van der Waals surface area contributed by atoms with Gasteiger partial charge in [-0.05, 0) is 19.4 Å². The topological polar surface area (TPSA) is 131 Å². The Balaban J connectivity index is 3.86. The summed E-state index contributed by atoms with van der Waals surface area (Å²) in [5.74, 6) is -2.29. The summed E-state index contributed by atoms with van der Waals surface area (Å²) in [5.41, 5.74) is 0. The molecule has 0 rings (SSSR count). The summed E-state index contributed by atoms with van der Waals surface area (Å²) >= 11 is 0. The lowest BCUT2D eigenvalue weighted by Gasteiger charge is -2.12. The SMILES string of the molecule is CC(C)NCCCC(=O)C[C@@H](CCC(=O)NCCOCCOCC(=O)C(C)C)C(=O)O. The van der Waals surface area contributed by atoms with Crippen molar-refractivity contribution in [2.45, 2.75) is 65.8 Å². The first kappa shape index (κ1) is 29.2. The number of aliphatic carboxylic acids is 1. The van der Waals surface area contributed by atoms with Crippen molar-refractivity contribution in [1.82, 2.24) is 10.6 Å². The highest BCUT2D eigenvalue weighted by Gasteiger charge is 2.22. The number of Topliss-reactive ketones (excluding diaryl/α,β-unsaturated/α-hetero) is 2. The van der Waals surface area contributed by atoms with Crippen molar-refractivity contribution in [2.24, 2.45) is 11.8 Å². The van der Waals surface area contributed by atoms with E-state index < -0.39 is 11.9 Å². The molecule has 0 aromatic carbocycles. The van der Waals surface area contributed by atoms with Gasteiger partial charge in [0, 0.05) is 37.8 Å². The Morgan fingerprint density at radius 2 is 1.58 bits per heavy atom. The molecule has 0 aliphatic heterocycles. The van der Waals surface area contributed by atoms with Crippen LogP contribution >= 0.6 is 0 Å². The van der Waals surface area contributed by atoms with Gasteiger partial charge in [-0.2, -0.15) is 0 Å². The fourth-order valence-corrected chi connectivity index (χ4v) is 2.58. The summed E-state index contributed by atoms with van der Waals surface area (Å²) in [6, 6.07) is 0.347. The average Bonchev–Trinajstić information content (AvgIpc) is 2.69. The zero-order valence-corrected chi connectivity index (χ0v) is 19.4. The van der Waals surface area contributed by atoms with Gasteiger partial charge in [0.1, 0.15) is 12.4 Å². The highest BCUT2D eigenvalue weighted by Crippen LogP contribution is 2.14. The minimum absolute atomic E-state index is 0.0387. The molecule has 3 N–H and O–H groups in total. The van der Waals surface area contributed by atoms with Gasteiger partial charge in [0.15, 0.2) is 5.78 Å². The van der Waals surface area contributed by atoms with Crippen LogP contribution in [0, 0.1) is 11.8 Å². The van der Waals surface area contributed by atoms with Gasteiger partial charge in [-0.25, -0.2) is 0 Å². The zero-order chi connectivity index (χ0) is 23.6. The van der Waals surface area contributed by atoms with Gasteiger partial charge >= 0.3 is 5.97 Å². The van der Waals surface area contributed by atoms with Crippen LogP contribution in [0.3, 0.4) is 0 Å². The van der Waals surface area contributed by atoms with E-state index in [1.54, 1.807) is 0 Å². The fourth-order valence-electron chi connectivity index (χ4n) is 2.58. The predicted molar refractivity (Wildman–Crippen MR) is 117 cm³/mol. The summed E-state index contributed by atoms with van der Waals surface area (Å²) < 4.78 is 10.5. The maximum atomic E-state index is 12.0. The predicted octanol–water partition coefficient (Wildman–Crippen LogP) is 1.58. The third-order valence-electron chi connectivity index (χ3n) is 4.56. The Kier molecular flexibility index (Phi) is 16.7. The molecule has 0 aliphatic rings. The molecule has 0 saturated heterocycles. The summed E-state index contributed by atoms with van der Waals surface area (Å²) in [5, 5.41) is 15.2. The average molecular weight is 445 g/mol. The second-order valence-electron chi connectivity index (χ2n) is 8.16. The summed E-state index contributed by atoms with van der Waals surface area (Å²) in [6.07, 6.45) is 1.12. The van der Waals surface area contributed by atoms with Gasteiger partial charge in [0.05, 0.1) is 25.7 Å². The number of hydrogen-bond acceptors (Lipinski definition) is 7. The monoisotopic (exact) mass is 444 g/mol. The molecule has 1 atom stereocenters. The molecule has 0 aromatic rings. The zero-order valence-electron chi connectivity index (χ0n) is 19.4. The number of carbonyl (C=O) groups excluding carboxylic acids is 3. The minimum Gasteiger partial charge on any atom is -0.481 e. The Labute approximate surface area is 185 Å². The largest absolute Gasteiger partial charge is 0.481 e. The highest BCUT2D eigenvalue weighted by atomic mass is 16.5. The Hall–Kier alpha value is -1.84. The molecule has 0 unspecified atom stereocenters. The molecule has 0 saturated carbocycles. The van der Waals surface area contributed by atoms with Crippen LogP contribution in [0.2, 0.25) is 0 Å². The molecule has 0 aliphatic carbocycles. The number of nitrogens with one attached hydrogen (secondary N) is 2. The van der Waals surface area contributed by atoms with Gasteiger partial charge in [0.25, 0.3) is 0 Å². The molecule has 0 heterocycles. The first-order chi connectivity index (χ1) is 14.6. The van der Waals surface area contributed by atoms with Crippen molar-refractivity contribution in [1.29, 1.82) is 0 Å². The van der Waals surface area contributed by atoms with Gasteiger partial charge < -0.3 is 25.2 Å². The van der Waals surface area contributed by atoms with E-state index in [1.165, 1.54) is 0 Å². The van der Waals surface area contributed by atoms with Crippen molar-refractivity contribution in [3.05, 3.63) is 0 Å². The summed E-state index contributed by atoms with van der Waals surface area (Å²) in [4.78, 5) is 46.6. The van der Waals surface area contributed by atoms with Gasteiger partial charge in [-0.1, -0.05) is 27.7 Å². The molecule has 31 heavy (non-hydrogen) atoms. The molecule has 0 spiro atoms. The molecule has 0 aromatic heterocycles. The standard InChI is InChI=1S/C22H40N2O7/c1-16(2)20(26)15-31-13-12-30-11-10-24-21(27)8-7-18(22(28)29)14-19(25)6-5-9-23-17(3)4/h16-18,23H,5-15H2,1-4H3,(H,24,27)(H,28,29)/t18-/m1/s1. The van der Waals surface area contributed by atoms with Crippen molar-refractivity contribution in [3.8, 4) is 0 Å². The van der Waals surface area contributed by atoms with Crippen LogP contribution in [0.15, 0.2) is 0 Å². The minimum atomic E-state index is -1.05. The van der Waals surface area contributed by atoms with E-state index in [-0.39, 0.29) is 49.3 Å². The van der Waals surface area contributed by atoms with E-state index in [0.29, 0.717) is 51.8 Å². The number of hydrogen-bond donors (Lipinski definition) is 3. The lowest BCUT2D eigenvalue weighted by atomic mass is 9.95. The van der Waals surface area contributed by atoms with Crippen LogP contribution < -0.4 is 10.6 Å². The number of carboxylic acid groups (broad SMARTS) is 1. The molecule has 9 heteroatoms. The quantitative estimate of drug-likeness (QED) is 0.241. The summed E-state index contributed by atoms with van der Waals surface area (Å²) in [7, 11) is 0. The van der Waals surface area contributed by atoms with E-state index in [0.717, 1.165) is 0 Å². The number of amides is 1. The molecule has 9 nitrogen and oxygen atoms in total. The lowest BCUT2D eigenvalue weighted by Crippen LogP contribution is -2.29. The van der Waals surface area contributed by atoms with Crippen LogP contribution in [0.5, 0.6) is 0 Å². The number of carboxylic acids is 1. The Morgan fingerprint density at radius 1 is 0.903 bits per heavy atom. The Morgan fingerprint density at radius 3 is 2.19 bits per heavy atom. The van der Waals surface area contributed by atoms with Crippen LogP contribution in [0.4, 0.5) is 0 Å². The second kappa shape index (κ2) is 17.8. The maximum Gasteiger partial charge on any atom is 0.306 e. The Bertz CT molecular complexity index is 550. The van der Waals surface area contributed by atoms with Gasteiger partial charge in [-0.15, -0.1) is 0 Å².